The molecular weight excluding hydrogens is 146 g/mol. The van der Waals surface area contributed by atoms with Crippen molar-refractivity contribution in [2.45, 2.75) is 33.1 Å². The maximum absolute atomic E-state index is 3.55. The van der Waals surface area contributed by atoms with Crippen LogP contribution in [0.25, 0.3) is 0 Å². The minimum atomic E-state index is 0.911. The average molecular weight is 167 g/mol. The van der Waals surface area contributed by atoms with Crippen molar-refractivity contribution in [1.29, 1.82) is 0 Å². The monoisotopic (exact) mass is 167 g/mol. The molecule has 0 amide bonds. The average Bonchev–Trinajstić information content (AvgIpc) is 2.03. The Labute approximate surface area is 75.9 Å². The fourth-order valence-corrected chi connectivity index (χ4v) is 2.99. The summed E-state index contributed by atoms with van der Waals surface area (Å²) in [6, 6.07) is 0. The van der Waals surface area contributed by atoms with E-state index in [0.29, 0.717) is 0 Å². The molecule has 0 spiro atoms. The third-order valence-electron chi connectivity index (χ3n) is 3.75. The largest absolute Gasteiger partial charge is 0.316 e. The Morgan fingerprint density at radius 1 is 1.00 bits per heavy atom. The zero-order valence-electron chi connectivity index (χ0n) is 8.34. The van der Waals surface area contributed by atoms with Crippen molar-refractivity contribution in [3.8, 4) is 0 Å². The minimum Gasteiger partial charge on any atom is -0.316 e. The molecule has 2 unspecified atom stereocenters. The fourth-order valence-electron chi connectivity index (χ4n) is 2.99. The molecule has 2 bridgehead atoms. The van der Waals surface area contributed by atoms with Gasteiger partial charge in [-0.15, -0.1) is 0 Å². The van der Waals surface area contributed by atoms with Crippen LogP contribution in [-0.2, 0) is 0 Å². The Kier molecular flexibility index (Phi) is 2.40. The van der Waals surface area contributed by atoms with Crippen molar-refractivity contribution in [2.24, 2.45) is 23.7 Å². The van der Waals surface area contributed by atoms with E-state index in [9.17, 15) is 0 Å². The Morgan fingerprint density at radius 2 is 1.58 bits per heavy atom. The summed E-state index contributed by atoms with van der Waals surface area (Å²) >= 11 is 0. The summed E-state index contributed by atoms with van der Waals surface area (Å²) in [5.41, 5.74) is 0. The van der Waals surface area contributed by atoms with Gasteiger partial charge in [-0.25, -0.2) is 0 Å². The maximum Gasteiger partial charge on any atom is -0.00202 e. The summed E-state index contributed by atoms with van der Waals surface area (Å²) in [6.07, 6.45) is 4.48. The number of hydrogen-bond donors (Lipinski definition) is 1. The number of fused-ring (bicyclic) bond motifs is 2. The van der Waals surface area contributed by atoms with Crippen molar-refractivity contribution in [3.05, 3.63) is 0 Å². The first-order chi connectivity index (χ1) is 5.75. The van der Waals surface area contributed by atoms with Crippen molar-refractivity contribution in [3.63, 3.8) is 0 Å². The number of hydrogen-bond acceptors (Lipinski definition) is 1. The van der Waals surface area contributed by atoms with E-state index in [1.165, 1.54) is 32.4 Å². The molecule has 0 aromatic carbocycles. The van der Waals surface area contributed by atoms with Gasteiger partial charge in [-0.2, -0.15) is 0 Å². The number of rotatable bonds is 1. The van der Waals surface area contributed by atoms with E-state index in [4.69, 9.17) is 0 Å². The van der Waals surface area contributed by atoms with Crippen LogP contribution in [-0.4, -0.2) is 13.1 Å². The Morgan fingerprint density at radius 3 is 2.08 bits per heavy atom. The van der Waals surface area contributed by atoms with Gasteiger partial charge in [-0.3, -0.25) is 0 Å². The van der Waals surface area contributed by atoms with Gasteiger partial charge in [0.15, 0.2) is 0 Å². The lowest BCUT2D eigenvalue weighted by Crippen LogP contribution is -2.42. The highest BCUT2D eigenvalue weighted by molar-refractivity contribution is 4.86. The zero-order valence-corrected chi connectivity index (χ0v) is 8.34. The summed E-state index contributed by atoms with van der Waals surface area (Å²) in [5.74, 6) is 3.94. The number of nitrogens with one attached hydrogen (secondary N) is 1. The van der Waals surface area contributed by atoms with Crippen LogP contribution >= 0.6 is 0 Å². The molecule has 0 aromatic rings. The standard InChI is InChI=1S/C11H21N/c1-8(2)11-4-9-3-10(5-11)7-12-6-9/h8-12H,3-7H2,1-2H3. The molecule has 70 valence electrons. The van der Waals surface area contributed by atoms with Crippen molar-refractivity contribution in [1.82, 2.24) is 5.32 Å². The highest BCUT2D eigenvalue weighted by Crippen LogP contribution is 2.38. The first-order valence-corrected chi connectivity index (χ1v) is 5.46. The maximum atomic E-state index is 3.55. The lowest BCUT2D eigenvalue weighted by Gasteiger charge is -2.41. The van der Waals surface area contributed by atoms with Gasteiger partial charge in [0.05, 0.1) is 0 Å². The van der Waals surface area contributed by atoms with Gasteiger partial charge in [0.25, 0.3) is 0 Å². The van der Waals surface area contributed by atoms with Crippen molar-refractivity contribution >= 4 is 0 Å². The second-order valence-electron chi connectivity index (χ2n) is 5.10. The molecule has 2 rings (SSSR count). The Balaban J connectivity index is 1.96. The minimum absolute atomic E-state index is 0.911. The smallest absolute Gasteiger partial charge is 0.00202 e. The van der Waals surface area contributed by atoms with Crippen LogP contribution in [0.5, 0.6) is 0 Å². The predicted octanol–water partition coefficient (Wildman–Crippen LogP) is 2.28. The van der Waals surface area contributed by atoms with Gasteiger partial charge in [0.2, 0.25) is 0 Å². The molecule has 2 fully saturated rings. The van der Waals surface area contributed by atoms with Crippen LogP contribution in [0.4, 0.5) is 0 Å². The molecule has 1 aliphatic heterocycles. The van der Waals surface area contributed by atoms with Crippen LogP contribution < -0.4 is 5.32 Å². The van der Waals surface area contributed by atoms with Gasteiger partial charge >= 0.3 is 0 Å². The Bertz CT molecular complexity index is 141. The van der Waals surface area contributed by atoms with E-state index in [1.807, 2.05) is 0 Å². The number of piperidine rings is 1. The summed E-state index contributed by atoms with van der Waals surface area (Å²) in [6.45, 7) is 7.36. The van der Waals surface area contributed by atoms with E-state index in [2.05, 4.69) is 19.2 Å². The fraction of sp³-hybridized carbons (Fsp3) is 1.00. The molecule has 1 aliphatic carbocycles. The van der Waals surface area contributed by atoms with E-state index < -0.39 is 0 Å². The SMILES string of the molecule is CC(C)C1CC2CNCC(C2)C1. The molecule has 1 nitrogen and oxygen atoms in total. The van der Waals surface area contributed by atoms with Gasteiger partial charge in [0, 0.05) is 0 Å². The zero-order chi connectivity index (χ0) is 8.55. The van der Waals surface area contributed by atoms with Crippen LogP contribution in [0.1, 0.15) is 33.1 Å². The molecule has 2 aliphatic rings. The van der Waals surface area contributed by atoms with Gasteiger partial charge in [-0.1, -0.05) is 13.8 Å². The first-order valence-electron chi connectivity index (χ1n) is 5.46. The third-order valence-corrected chi connectivity index (χ3v) is 3.75. The van der Waals surface area contributed by atoms with Crippen LogP contribution in [0, 0.1) is 23.7 Å². The molecule has 1 heteroatoms. The van der Waals surface area contributed by atoms with Crippen LogP contribution in [0.15, 0.2) is 0 Å². The topological polar surface area (TPSA) is 12.0 Å². The summed E-state index contributed by atoms with van der Waals surface area (Å²) in [7, 11) is 0. The third kappa shape index (κ3) is 1.66. The molecule has 0 radical (unpaired) electrons. The van der Waals surface area contributed by atoms with Gasteiger partial charge in [-0.05, 0) is 56.0 Å². The second-order valence-corrected chi connectivity index (χ2v) is 5.10. The second kappa shape index (κ2) is 3.37. The quantitative estimate of drug-likeness (QED) is 0.632. The molecule has 2 atom stereocenters. The summed E-state index contributed by atoms with van der Waals surface area (Å²) < 4.78 is 0. The van der Waals surface area contributed by atoms with E-state index in [1.54, 1.807) is 0 Å². The van der Waals surface area contributed by atoms with Crippen molar-refractivity contribution in [2.75, 3.05) is 13.1 Å². The lowest BCUT2D eigenvalue weighted by atomic mass is 9.69. The molecule has 1 saturated heterocycles. The molecule has 0 aromatic heterocycles. The highest BCUT2D eigenvalue weighted by atomic mass is 14.9. The molecule has 1 heterocycles. The van der Waals surface area contributed by atoms with Gasteiger partial charge in [0.1, 0.15) is 0 Å². The van der Waals surface area contributed by atoms with Crippen LogP contribution in [0.2, 0.25) is 0 Å². The molecule has 1 saturated carbocycles. The predicted molar refractivity (Wildman–Crippen MR) is 52.0 cm³/mol. The Hall–Kier alpha value is -0.0400. The van der Waals surface area contributed by atoms with Crippen molar-refractivity contribution < 1.29 is 0 Å². The molecular formula is C11H21N. The summed E-state index contributed by atoms with van der Waals surface area (Å²) in [4.78, 5) is 0. The van der Waals surface area contributed by atoms with Gasteiger partial charge < -0.3 is 5.32 Å². The van der Waals surface area contributed by atoms with Crippen LogP contribution in [0.3, 0.4) is 0 Å². The first kappa shape index (κ1) is 8.55. The van der Waals surface area contributed by atoms with E-state index >= 15 is 0 Å². The molecule has 1 N–H and O–H groups in total. The highest BCUT2D eigenvalue weighted by Gasteiger charge is 2.32. The van der Waals surface area contributed by atoms with E-state index in [-0.39, 0.29) is 0 Å². The van der Waals surface area contributed by atoms with E-state index in [0.717, 1.165) is 23.7 Å². The summed E-state index contributed by atoms with van der Waals surface area (Å²) in [5, 5.41) is 3.55. The normalized spacial score (nSPS) is 41.8. The lowest BCUT2D eigenvalue weighted by molar-refractivity contribution is 0.124. The molecule has 12 heavy (non-hydrogen) atoms.